The van der Waals surface area contributed by atoms with Crippen molar-refractivity contribution in [3.05, 3.63) is 29.8 Å². The molecule has 0 atom stereocenters. The first-order chi connectivity index (χ1) is 13.2. The van der Waals surface area contributed by atoms with Crippen LogP contribution in [0.3, 0.4) is 0 Å². The predicted octanol–water partition coefficient (Wildman–Crippen LogP) is 3.66. The van der Waals surface area contributed by atoms with Crippen molar-refractivity contribution in [1.82, 2.24) is 25.3 Å². The summed E-state index contributed by atoms with van der Waals surface area (Å²) in [6, 6.07) is 4.31. The van der Waals surface area contributed by atoms with Gasteiger partial charge in [0.1, 0.15) is 5.69 Å². The first-order valence-electron chi connectivity index (χ1n) is 10.0. The van der Waals surface area contributed by atoms with Gasteiger partial charge in [-0.2, -0.15) is 4.98 Å². The van der Waals surface area contributed by atoms with Gasteiger partial charge in [0.25, 0.3) is 0 Å². The molecule has 1 saturated heterocycles. The smallest absolute Gasteiger partial charge is 0.317 e. The van der Waals surface area contributed by atoms with Crippen LogP contribution in [0.4, 0.5) is 4.79 Å². The Morgan fingerprint density at radius 3 is 2.70 bits per heavy atom. The van der Waals surface area contributed by atoms with E-state index in [1.165, 1.54) is 19.3 Å². The van der Waals surface area contributed by atoms with Crippen LogP contribution in [0.2, 0.25) is 0 Å². The van der Waals surface area contributed by atoms with Gasteiger partial charge in [-0.05, 0) is 44.2 Å². The zero-order valence-corrected chi connectivity index (χ0v) is 15.9. The molecule has 0 radical (unpaired) electrons. The number of hydrogen-bond acceptors (Lipinski definition) is 5. The van der Waals surface area contributed by atoms with Crippen LogP contribution in [0.5, 0.6) is 0 Å². The molecular weight excluding hydrogens is 342 g/mol. The lowest BCUT2D eigenvalue weighted by molar-refractivity contribution is 0.169. The largest absolute Gasteiger partial charge is 0.339 e. The predicted molar refractivity (Wildman–Crippen MR) is 101 cm³/mol. The third-order valence-corrected chi connectivity index (χ3v) is 5.73. The molecule has 7 heteroatoms. The van der Waals surface area contributed by atoms with E-state index in [0.717, 1.165) is 50.0 Å². The highest BCUT2D eigenvalue weighted by Crippen LogP contribution is 2.29. The minimum Gasteiger partial charge on any atom is -0.339 e. The van der Waals surface area contributed by atoms with Gasteiger partial charge in [-0.1, -0.05) is 30.5 Å². The molecule has 2 aromatic rings. The number of likely N-dealkylation sites (tertiary alicyclic amines) is 1. The topological polar surface area (TPSA) is 84.2 Å². The molecule has 1 N–H and O–H groups in total. The van der Waals surface area contributed by atoms with E-state index < -0.39 is 0 Å². The van der Waals surface area contributed by atoms with Gasteiger partial charge >= 0.3 is 6.03 Å². The average Bonchev–Trinajstić information content (AvgIpc) is 3.19. The Morgan fingerprint density at radius 1 is 1.19 bits per heavy atom. The van der Waals surface area contributed by atoms with Gasteiger partial charge in [0.05, 0.1) is 0 Å². The van der Waals surface area contributed by atoms with Crippen molar-refractivity contribution < 1.29 is 9.32 Å². The van der Waals surface area contributed by atoms with Crippen molar-refractivity contribution in [3.63, 3.8) is 0 Å². The lowest BCUT2D eigenvalue weighted by Crippen LogP contribution is -2.48. The van der Waals surface area contributed by atoms with E-state index in [4.69, 9.17) is 4.52 Å². The maximum Gasteiger partial charge on any atom is 0.317 e. The van der Waals surface area contributed by atoms with Gasteiger partial charge in [0, 0.05) is 31.2 Å². The summed E-state index contributed by atoms with van der Waals surface area (Å²) >= 11 is 0. The molecule has 3 heterocycles. The number of aryl methyl sites for hydroxylation is 1. The summed E-state index contributed by atoms with van der Waals surface area (Å²) in [5.74, 6) is 1.40. The van der Waals surface area contributed by atoms with E-state index in [1.807, 2.05) is 24.0 Å². The fourth-order valence-electron chi connectivity index (χ4n) is 4.06. The van der Waals surface area contributed by atoms with Crippen LogP contribution in [0.25, 0.3) is 11.5 Å². The van der Waals surface area contributed by atoms with Crippen molar-refractivity contribution in [2.45, 2.75) is 63.8 Å². The van der Waals surface area contributed by atoms with Crippen LogP contribution in [0, 0.1) is 6.92 Å². The standard InChI is InChI=1S/C20H27N5O2/c1-14-6-5-11-21-17(14)18-23-19(27-24-18)15-9-12-25(13-10-15)20(26)22-16-7-3-2-4-8-16/h5-6,11,15-16H,2-4,7-10,12-13H2,1H3,(H,22,26). The Bertz CT molecular complexity index is 776. The number of aromatic nitrogens is 3. The number of carbonyl (C=O) groups excluding carboxylic acids is 1. The second kappa shape index (κ2) is 8.06. The first kappa shape index (κ1) is 17.9. The Morgan fingerprint density at radius 2 is 1.96 bits per heavy atom. The van der Waals surface area contributed by atoms with E-state index >= 15 is 0 Å². The quantitative estimate of drug-likeness (QED) is 0.892. The third-order valence-electron chi connectivity index (χ3n) is 5.73. The van der Waals surface area contributed by atoms with Crippen molar-refractivity contribution >= 4 is 6.03 Å². The number of carbonyl (C=O) groups is 1. The first-order valence-corrected chi connectivity index (χ1v) is 10.0. The fraction of sp³-hybridized carbons (Fsp3) is 0.600. The van der Waals surface area contributed by atoms with Crippen molar-refractivity contribution in [1.29, 1.82) is 0 Å². The maximum atomic E-state index is 12.5. The highest BCUT2D eigenvalue weighted by Gasteiger charge is 2.29. The zero-order chi connectivity index (χ0) is 18.6. The Balaban J connectivity index is 1.33. The summed E-state index contributed by atoms with van der Waals surface area (Å²) in [6.45, 7) is 3.44. The molecule has 0 unspecified atom stereocenters. The van der Waals surface area contributed by atoms with Crippen LogP contribution in [-0.4, -0.2) is 45.2 Å². The van der Waals surface area contributed by atoms with Gasteiger partial charge in [0.15, 0.2) is 0 Å². The van der Waals surface area contributed by atoms with Gasteiger partial charge in [-0.25, -0.2) is 4.79 Å². The van der Waals surface area contributed by atoms with Crippen LogP contribution in [-0.2, 0) is 0 Å². The van der Waals surface area contributed by atoms with Gasteiger partial charge in [-0.15, -0.1) is 0 Å². The van der Waals surface area contributed by atoms with Crippen molar-refractivity contribution in [3.8, 4) is 11.5 Å². The molecule has 2 aliphatic rings. The molecule has 0 aromatic carbocycles. The Labute approximate surface area is 159 Å². The number of pyridine rings is 1. The summed E-state index contributed by atoms with van der Waals surface area (Å²) in [6.07, 6.45) is 9.40. The molecule has 7 nitrogen and oxygen atoms in total. The van der Waals surface area contributed by atoms with Gasteiger partial charge in [0.2, 0.25) is 11.7 Å². The summed E-state index contributed by atoms with van der Waals surface area (Å²) in [4.78, 5) is 23.3. The van der Waals surface area contributed by atoms with Gasteiger partial charge < -0.3 is 14.7 Å². The summed E-state index contributed by atoms with van der Waals surface area (Å²) < 4.78 is 5.51. The Kier molecular flexibility index (Phi) is 5.36. The van der Waals surface area contributed by atoms with Gasteiger partial charge in [-0.3, -0.25) is 4.98 Å². The lowest BCUT2D eigenvalue weighted by atomic mass is 9.95. The fourth-order valence-corrected chi connectivity index (χ4v) is 4.06. The number of piperidine rings is 1. The van der Waals surface area contributed by atoms with Crippen molar-refractivity contribution in [2.24, 2.45) is 0 Å². The van der Waals surface area contributed by atoms with E-state index in [2.05, 4.69) is 20.4 Å². The van der Waals surface area contributed by atoms with Crippen molar-refractivity contribution in [2.75, 3.05) is 13.1 Å². The number of nitrogens with one attached hydrogen (secondary N) is 1. The molecule has 1 saturated carbocycles. The summed E-state index contributed by atoms with van der Waals surface area (Å²) in [5.41, 5.74) is 1.79. The molecule has 27 heavy (non-hydrogen) atoms. The van der Waals surface area contributed by atoms with E-state index in [-0.39, 0.29) is 11.9 Å². The van der Waals surface area contributed by atoms with E-state index in [9.17, 15) is 4.79 Å². The minimum absolute atomic E-state index is 0.0793. The normalized spacial score (nSPS) is 19.2. The molecule has 0 spiro atoms. The molecule has 2 amide bonds. The summed E-state index contributed by atoms with van der Waals surface area (Å²) in [5, 5.41) is 7.31. The number of urea groups is 1. The summed E-state index contributed by atoms with van der Waals surface area (Å²) in [7, 11) is 0. The SMILES string of the molecule is Cc1cccnc1-c1noc(C2CCN(C(=O)NC3CCCCC3)CC2)n1. The average molecular weight is 369 g/mol. The number of hydrogen-bond donors (Lipinski definition) is 1. The number of rotatable bonds is 3. The minimum atomic E-state index is 0.0793. The van der Waals surface area contributed by atoms with Crippen LogP contribution >= 0.6 is 0 Å². The second-order valence-corrected chi connectivity index (χ2v) is 7.67. The number of amides is 2. The molecule has 144 valence electrons. The molecule has 2 fully saturated rings. The Hall–Kier alpha value is -2.44. The molecule has 1 aliphatic heterocycles. The third kappa shape index (κ3) is 4.12. The highest BCUT2D eigenvalue weighted by molar-refractivity contribution is 5.74. The molecule has 0 bridgehead atoms. The lowest BCUT2D eigenvalue weighted by Gasteiger charge is -2.32. The highest BCUT2D eigenvalue weighted by atomic mass is 16.5. The maximum absolute atomic E-state index is 12.5. The molecule has 4 rings (SSSR count). The van der Waals surface area contributed by atoms with E-state index in [1.54, 1.807) is 6.20 Å². The second-order valence-electron chi connectivity index (χ2n) is 7.67. The number of nitrogens with zero attached hydrogens (tertiary/aromatic N) is 4. The zero-order valence-electron chi connectivity index (χ0n) is 15.9. The van der Waals surface area contributed by atoms with Crippen LogP contribution < -0.4 is 5.32 Å². The molecular formula is C20H27N5O2. The van der Waals surface area contributed by atoms with Crippen LogP contribution in [0.1, 0.15) is 62.3 Å². The van der Waals surface area contributed by atoms with Crippen LogP contribution in [0.15, 0.2) is 22.9 Å². The monoisotopic (exact) mass is 369 g/mol. The molecule has 2 aromatic heterocycles. The van der Waals surface area contributed by atoms with E-state index in [0.29, 0.717) is 17.8 Å². The molecule has 1 aliphatic carbocycles.